The molecule has 4 N–H and O–H groups in total. The van der Waals surface area contributed by atoms with Crippen molar-refractivity contribution in [2.24, 2.45) is 11.1 Å². The lowest BCUT2D eigenvalue weighted by Gasteiger charge is -2.10. The normalized spacial score (nSPS) is 13.6. The second kappa shape index (κ2) is 12.9. The number of rotatable bonds is 10. The molecule has 0 radical (unpaired) electrons. The second-order valence-corrected chi connectivity index (χ2v) is 13.3. The number of nitrogens with zero attached hydrogens (tertiary/aromatic N) is 3. The molecule has 5 aromatic rings. The van der Waals surface area contributed by atoms with Gasteiger partial charge in [0, 0.05) is 22.9 Å². The summed E-state index contributed by atoms with van der Waals surface area (Å²) in [6.45, 7) is 4.34. The number of carbonyl (C=O) groups is 1. The Morgan fingerprint density at radius 2 is 1.82 bits per heavy atom. The molecule has 1 fully saturated rings. The van der Waals surface area contributed by atoms with Crippen molar-refractivity contribution < 1.29 is 24.0 Å². The van der Waals surface area contributed by atoms with Gasteiger partial charge in [-0.05, 0) is 71.6 Å². The summed E-state index contributed by atoms with van der Waals surface area (Å²) in [4.78, 5) is 16.0. The third-order valence-electron chi connectivity index (χ3n) is 7.84. The van der Waals surface area contributed by atoms with E-state index in [1.165, 1.54) is 34.4 Å². The molecule has 0 saturated heterocycles. The SMILES string of the molecule is CC(C)c1ccc(-c2cccc(-c3nn(-c4nc(C(=O)O)cs4)c(CC4CC4)c3Cc3ccc([SH+](N)=O)c(F)c3)c2)cc1.[OH-]. The maximum absolute atomic E-state index is 14.9. The maximum atomic E-state index is 14.9. The molecular weight excluding hydrogens is 600 g/mol. The van der Waals surface area contributed by atoms with Gasteiger partial charge in [-0.15, -0.1) is 16.5 Å². The fourth-order valence-electron chi connectivity index (χ4n) is 5.28. The molecule has 6 rings (SSSR count). The Balaban J connectivity index is 0.00000384. The molecule has 2 aromatic heterocycles. The van der Waals surface area contributed by atoms with Crippen molar-refractivity contribution in [2.45, 2.75) is 50.3 Å². The number of carboxylic acids is 1. The molecule has 1 aliphatic rings. The number of aromatic carboxylic acids is 1. The van der Waals surface area contributed by atoms with Crippen LogP contribution in [0, 0.1) is 11.7 Å². The van der Waals surface area contributed by atoms with E-state index in [4.69, 9.17) is 10.2 Å². The highest BCUT2D eigenvalue weighted by atomic mass is 32.2. The Kier molecular flexibility index (Phi) is 9.21. The highest BCUT2D eigenvalue weighted by Gasteiger charge is 2.29. The molecule has 1 saturated carbocycles. The summed E-state index contributed by atoms with van der Waals surface area (Å²) in [5, 5.41) is 22.1. The van der Waals surface area contributed by atoms with E-state index in [1.807, 2.05) is 12.1 Å². The van der Waals surface area contributed by atoms with E-state index in [1.54, 1.807) is 10.7 Å². The number of benzene rings is 3. The summed E-state index contributed by atoms with van der Waals surface area (Å²) in [7, 11) is -2.30. The molecule has 2 heterocycles. The number of hydrogen-bond acceptors (Lipinski definition) is 6. The van der Waals surface area contributed by atoms with Gasteiger partial charge in [-0.3, -0.25) is 0 Å². The molecule has 0 spiro atoms. The summed E-state index contributed by atoms with van der Waals surface area (Å²) in [6.07, 6.45) is 3.33. The fraction of sp³-hybridized carbons (Fsp3) is 0.242. The van der Waals surface area contributed by atoms with Crippen LogP contribution in [0.3, 0.4) is 0 Å². The third kappa shape index (κ3) is 6.56. The maximum Gasteiger partial charge on any atom is 0.355 e. The van der Waals surface area contributed by atoms with E-state index in [-0.39, 0.29) is 16.1 Å². The van der Waals surface area contributed by atoms with Crippen molar-refractivity contribution in [1.82, 2.24) is 14.8 Å². The zero-order valence-corrected chi connectivity index (χ0v) is 26.0. The first kappa shape index (κ1) is 31.4. The van der Waals surface area contributed by atoms with Crippen LogP contribution in [0.15, 0.2) is 77.0 Å². The Morgan fingerprint density at radius 3 is 2.43 bits per heavy atom. The van der Waals surface area contributed by atoms with Crippen LogP contribution in [0.1, 0.15) is 65.5 Å². The van der Waals surface area contributed by atoms with Gasteiger partial charge in [0.15, 0.2) is 22.5 Å². The van der Waals surface area contributed by atoms with Crippen LogP contribution in [0.25, 0.3) is 27.5 Å². The number of aromatic nitrogens is 3. The van der Waals surface area contributed by atoms with E-state index in [0.717, 1.165) is 52.9 Å². The van der Waals surface area contributed by atoms with Crippen molar-refractivity contribution in [3.05, 3.63) is 106 Å². The third-order valence-corrected chi connectivity index (χ3v) is 9.49. The molecule has 1 aliphatic carbocycles. The van der Waals surface area contributed by atoms with Gasteiger partial charge < -0.3 is 10.6 Å². The van der Waals surface area contributed by atoms with Gasteiger partial charge in [0.2, 0.25) is 10.0 Å². The molecule has 1 unspecified atom stereocenters. The highest BCUT2D eigenvalue weighted by Crippen LogP contribution is 2.39. The summed E-state index contributed by atoms with van der Waals surface area (Å²) in [5.41, 5.74) is 7.56. The monoisotopic (exact) mass is 632 g/mol. The van der Waals surface area contributed by atoms with Crippen LogP contribution in [-0.2, 0) is 28.0 Å². The number of nitrogens with two attached hydrogens (primary N) is 1. The lowest BCUT2D eigenvalue weighted by atomic mass is 9.94. The predicted molar refractivity (Wildman–Crippen MR) is 171 cm³/mol. The van der Waals surface area contributed by atoms with Gasteiger partial charge in [-0.25, -0.2) is 18.9 Å². The minimum Gasteiger partial charge on any atom is -0.870 e. The van der Waals surface area contributed by atoms with Crippen LogP contribution < -0.4 is 5.14 Å². The number of hydrogen-bond donors (Lipinski definition) is 2. The lowest BCUT2D eigenvalue weighted by molar-refractivity contribution is 0.0691. The topological polar surface area (TPSA) is 141 Å². The van der Waals surface area contributed by atoms with E-state index in [2.05, 4.69) is 55.2 Å². The number of halogens is 1. The van der Waals surface area contributed by atoms with E-state index >= 15 is 0 Å². The highest BCUT2D eigenvalue weighted by molar-refractivity contribution is 7.82. The molecule has 11 heteroatoms. The number of carboxylic acid groups (broad SMARTS) is 1. The summed E-state index contributed by atoms with van der Waals surface area (Å²) >= 11 is 1.23. The van der Waals surface area contributed by atoms with Crippen LogP contribution in [0.4, 0.5) is 4.39 Å². The smallest absolute Gasteiger partial charge is 0.355 e. The van der Waals surface area contributed by atoms with Gasteiger partial charge in [-0.1, -0.05) is 66.6 Å². The fourth-order valence-corrected chi connectivity index (χ4v) is 6.54. The summed E-state index contributed by atoms with van der Waals surface area (Å²) < 4.78 is 28.4. The molecule has 0 bridgehead atoms. The van der Waals surface area contributed by atoms with Crippen molar-refractivity contribution in [3.8, 4) is 27.5 Å². The minimum absolute atomic E-state index is 0. The first-order valence-corrected chi connectivity index (χ1v) is 16.4. The van der Waals surface area contributed by atoms with Crippen LogP contribution >= 0.6 is 11.3 Å². The molecule has 3 aromatic carbocycles. The molecule has 44 heavy (non-hydrogen) atoms. The first-order valence-electron chi connectivity index (χ1n) is 14.2. The van der Waals surface area contributed by atoms with E-state index in [0.29, 0.717) is 29.0 Å². The number of thiol groups is 1. The molecule has 1 atom stereocenters. The van der Waals surface area contributed by atoms with E-state index in [9.17, 15) is 18.5 Å². The van der Waals surface area contributed by atoms with Crippen LogP contribution in [-0.4, -0.2) is 31.3 Å². The summed E-state index contributed by atoms with van der Waals surface area (Å²) in [5.74, 6) is -0.763. The van der Waals surface area contributed by atoms with Gasteiger partial charge in [-0.2, -0.15) is 5.10 Å². The van der Waals surface area contributed by atoms with Gasteiger partial charge >= 0.3 is 5.97 Å². The number of thiazole rings is 1. The molecule has 0 aliphatic heterocycles. The van der Waals surface area contributed by atoms with Crippen LogP contribution in [0.5, 0.6) is 0 Å². The minimum atomic E-state index is -2.30. The van der Waals surface area contributed by atoms with Crippen molar-refractivity contribution in [2.75, 3.05) is 0 Å². The predicted octanol–water partition coefficient (Wildman–Crippen LogP) is 6.92. The standard InChI is InChI=1S/C33H31FN4O3S2.H2O/c1-19(2)22-9-11-23(12-10-22)24-4-3-5-25(17-24)31-26(14-21-8-13-30(43(35)41)27(34)15-21)29(16-20-6-7-20)38(37-31)33-36-28(18-42-33)32(39)40;/h3-5,8-13,15,17-20H,6-7,14,16H2,1-2H3,(H2,35,41)(H,39,40);1H2. The first-order chi connectivity index (χ1) is 20.7. The molecular formula is C33H33FN4O4S2. The average molecular weight is 633 g/mol. The molecule has 0 amide bonds. The Hall–Kier alpha value is -4.03. The Morgan fingerprint density at radius 1 is 1.09 bits per heavy atom. The van der Waals surface area contributed by atoms with E-state index < -0.39 is 22.8 Å². The zero-order valence-electron chi connectivity index (χ0n) is 24.3. The van der Waals surface area contributed by atoms with Gasteiger partial charge in [0.05, 0.1) is 11.4 Å². The molecule has 228 valence electrons. The Bertz CT molecular complexity index is 1850. The van der Waals surface area contributed by atoms with Crippen molar-refractivity contribution in [3.63, 3.8) is 0 Å². The summed E-state index contributed by atoms with van der Waals surface area (Å²) in [6, 6.07) is 21.4. The average Bonchev–Trinajstić information content (AvgIpc) is 3.55. The van der Waals surface area contributed by atoms with Crippen molar-refractivity contribution in [1.29, 1.82) is 0 Å². The second-order valence-electron chi connectivity index (χ2n) is 11.3. The van der Waals surface area contributed by atoms with Gasteiger partial charge in [0.25, 0.3) is 0 Å². The zero-order chi connectivity index (χ0) is 30.2. The van der Waals surface area contributed by atoms with Gasteiger partial charge in [0.1, 0.15) is 0 Å². The lowest BCUT2D eigenvalue weighted by Crippen LogP contribution is -2.07. The largest absolute Gasteiger partial charge is 0.870 e. The van der Waals surface area contributed by atoms with Crippen LogP contribution in [0.2, 0.25) is 0 Å². The van der Waals surface area contributed by atoms with Crippen molar-refractivity contribution >= 4 is 28.3 Å². The Labute approximate surface area is 261 Å². The molecule has 8 nitrogen and oxygen atoms in total. The quantitative estimate of drug-likeness (QED) is 0.126.